The first-order valence-electron chi connectivity index (χ1n) is 7.49. The monoisotopic (exact) mass is 334 g/mol. The molecule has 0 amide bonds. The van der Waals surface area contributed by atoms with Crippen LogP contribution in [0, 0.1) is 5.82 Å². The van der Waals surface area contributed by atoms with Crippen molar-refractivity contribution in [2.24, 2.45) is 0 Å². The van der Waals surface area contributed by atoms with Crippen molar-refractivity contribution in [3.63, 3.8) is 0 Å². The summed E-state index contributed by atoms with van der Waals surface area (Å²) in [4.78, 5) is 20.6. The first kappa shape index (κ1) is 15.0. The number of halogens is 1. The molecule has 2 aromatic heterocycles. The first-order valence-corrected chi connectivity index (χ1v) is 7.49. The maximum Gasteiger partial charge on any atom is 0.346 e. The minimum atomic E-state index is -0.776. The molecule has 0 radical (unpaired) electrons. The fourth-order valence-corrected chi connectivity index (χ4v) is 2.36. The number of hydrogen-bond acceptors (Lipinski definition) is 5. The zero-order valence-electron chi connectivity index (χ0n) is 12.8. The van der Waals surface area contributed by atoms with Crippen LogP contribution in [0.25, 0.3) is 22.7 Å². The third-order valence-corrected chi connectivity index (χ3v) is 3.55. The molecule has 0 aliphatic carbocycles. The Kier molecular flexibility index (Phi) is 3.70. The first-order chi connectivity index (χ1) is 12.2. The van der Waals surface area contributed by atoms with Crippen LogP contribution in [0.4, 0.5) is 4.39 Å². The van der Waals surface area contributed by atoms with Gasteiger partial charge in [0.25, 0.3) is 0 Å². The van der Waals surface area contributed by atoms with E-state index in [4.69, 9.17) is 9.15 Å². The van der Waals surface area contributed by atoms with Gasteiger partial charge in [0.1, 0.15) is 22.8 Å². The molecule has 0 spiro atoms. The van der Waals surface area contributed by atoms with E-state index in [9.17, 15) is 9.18 Å². The molecule has 25 heavy (non-hydrogen) atoms. The Morgan fingerprint density at radius 1 is 1.04 bits per heavy atom. The van der Waals surface area contributed by atoms with Gasteiger partial charge < -0.3 is 9.15 Å². The molecule has 4 rings (SSSR count). The summed E-state index contributed by atoms with van der Waals surface area (Å²) in [6.45, 7) is 0. The van der Waals surface area contributed by atoms with E-state index in [1.54, 1.807) is 36.5 Å². The molecule has 0 unspecified atom stereocenters. The van der Waals surface area contributed by atoms with Crippen molar-refractivity contribution < 1.29 is 18.3 Å². The highest BCUT2D eigenvalue weighted by atomic mass is 19.1. The van der Waals surface area contributed by atoms with Gasteiger partial charge in [-0.05, 0) is 36.4 Å². The molecule has 0 N–H and O–H groups in total. The van der Waals surface area contributed by atoms with Gasteiger partial charge in [-0.3, -0.25) is 4.98 Å². The Bertz CT molecular complexity index is 1060. The summed E-state index contributed by atoms with van der Waals surface area (Å²) in [5.41, 5.74) is 1.52. The molecule has 0 saturated carbocycles. The van der Waals surface area contributed by atoms with E-state index in [-0.39, 0.29) is 11.3 Å². The van der Waals surface area contributed by atoms with Crippen molar-refractivity contribution in [3.05, 3.63) is 78.2 Å². The minimum Gasteiger partial charge on any atom is -0.435 e. The van der Waals surface area contributed by atoms with Gasteiger partial charge in [-0.15, -0.1) is 0 Å². The molecule has 0 fully saturated rings. The maximum absolute atomic E-state index is 13.7. The Morgan fingerprint density at radius 2 is 1.88 bits per heavy atom. The topological polar surface area (TPSA) is 65.2 Å². The molecule has 5 nitrogen and oxygen atoms in total. The normalized spacial score (nSPS) is 10.8. The highest BCUT2D eigenvalue weighted by molar-refractivity contribution is 5.91. The molecule has 0 aliphatic rings. The fraction of sp³-hybridized carbons (Fsp3) is 0. The van der Waals surface area contributed by atoms with Crippen molar-refractivity contribution in [1.82, 2.24) is 9.97 Å². The number of aromatic nitrogens is 2. The van der Waals surface area contributed by atoms with Crippen LogP contribution in [0.3, 0.4) is 0 Å². The summed E-state index contributed by atoms with van der Waals surface area (Å²) in [6.07, 6.45) is 1.64. The SMILES string of the molecule is O=C(Oc1ccc2nc(-c3ccccn3)oc2c1)c1ccccc1F. The van der Waals surface area contributed by atoms with Gasteiger partial charge >= 0.3 is 5.97 Å². The van der Waals surface area contributed by atoms with E-state index in [0.29, 0.717) is 22.7 Å². The number of pyridine rings is 1. The molecule has 122 valence electrons. The Labute approximate surface area is 141 Å². The van der Waals surface area contributed by atoms with Gasteiger partial charge in [0.05, 0.1) is 5.56 Å². The lowest BCUT2D eigenvalue weighted by atomic mass is 10.2. The number of oxazole rings is 1. The molecule has 2 heterocycles. The summed E-state index contributed by atoms with van der Waals surface area (Å²) in [7, 11) is 0. The van der Waals surface area contributed by atoms with Gasteiger partial charge in [-0.2, -0.15) is 0 Å². The van der Waals surface area contributed by atoms with Crippen molar-refractivity contribution in [1.29, 1.82) is 0 Å². The van der Waals surface area contributed by atoms with Crippen LogP contribution >= 0.6 is 0 Å². The largest absolute Gasteiger partial charge is 0.435 e. The number of nitrogens with zero attached hydrogens (tertiary/aromatic N) is 2. The fourth-order valence-electron chi connectivity index (χ4n) is 2.36. The zero-order chi connectivity index (χ0) is 17.2. The second-order valence-corrected chi connectivity index (χ2v) is 5.23. The van der Waals surface area contributed by atoms with Crippen molar-refractivity contribution in [2.75, 3.05) is 0 Å². The standard InChI is InChI=1S/C19H11FN2O3/c20-14-6-2-1-5-13(14)19(23)24-12-8-9-15-17(11-12)25-18(22-15)16-7-3-4-10-21-16/h1-11H. The van der Waals surface area contributed by atoms with Crippen LogP contribution in [0.2, 0.25) is 0 Å². The summed E-state index contributed by atoms with van der Waals surface area (Å²) in [5, 5.41) is 0. The average Bonchev–Trinajstić information content (AvgIpc) is 3.06. The van der Waals surface area contributed by atoms with Gasteiger partial charge in [0.2, 0.25) is 5.89 Å². The zero-order valence-corrected chi connectivity index (χ0v) is 12.8. The number of carbonyl (C=O) groups excluding carboxylic acids is 1. The molecule has 2 aromatic carbocycles. The second-order valence-electron chi connectivity index (χ2n) is 5.23. The molecule has 0 aliphatic heterocycles. The molecule has 0 saturated heterocycles. The minimum absolute atomic E-state index is 0.130. The molecule has 4 aromatic rings. The maximum atomic E-state index is 13.7. The van der Waals surface area contributed by atoms with Gasteiger partial charge in [0.15, 0.2) is 5.58 Å². The lowest BCUT2D eigenvalue weighted by molar-refractivity contribution is 0.0730. The lowest BCUT2D eigenvalue weighted by Crippen LogP contribution is -2.10. The van der Waals surface area contributed by atoms with Crippen molar-refractivity contribution in [2.45, 2.75) is 0 Å². The van der Waals surface area contributed by atoms with E-state index in [0.717, 1.165) is 0 Å². The van der Waals surface area contributed by atoms with Crippen LogP contribution in [-0.4, -0.2) is 15.9 Å². The van der Waals surface area contributed by atoms with E-state index in [2.05, 4.69) is 9.97 Å². The van der Waals surface area contributed by atoms with Crippen LogP contribution < -0.4 is 4.74 Å². The van der Waals surface area contributed by atoms with Crippen molar-refractivity contribution >= 4 is 17.1 Å². The Balaban J connectivity index is 1.63. The Hall–Kier alpha value is -3.54. The molecular formula is C19H11FN2O3. The predicted molar refractivity (Wildman–Crippen MR) is 88.6 cm³/mol. The highest BCUT2D eigenvalue weighted by Gasteiger charge is 2.15. The molecule has 0 atom stereocenters. The van der Waals surface area contributed by atoms with E-state index < -0.39 is 11.8 Å². The molecule has 0 bridgehead atoms. The summed E-state index contributed by atoms with van der Waals surface area (Å²) < 4.78 is 24.5. The number of fused-ring (bicyclic) bond motifs is 1. The third-order valence-electron chi connectivity index (χ3n) is 3.55. The number of esters is 1. The van der Waals surface area contributed by atoms with Gasteiger partial charge in [-0.1, -0.05) is 18.2 Å². The highest BCUT2D eigenvalue weighted by Crippen LogP contribution is 2.26. The second kappa shape index (κ2) is 6.16. The van der Waals surface area contributed by atoms with Crippen LogP contribution in [0.15, 0.2) is 71.3 Å². The van der Waals surface area contributed by atoms with E-state index >= 15 is 0 Å². The number of carbonyl (C=O) groups is 1. The van der Waals surface area contributed by atoms with Crippen LogP contribution in [0.1, 0.15) is 10.4 Å². The van der Waals surface area contributed by atoms with E-state index in [1.165, 1.54) is 24.3 Å². The van der Waals surface area contributed by atoms with Crippen LogP contribution in [-0.2, 0) is 0 Å². The van der Waals surface area contributed by atoms with Crippen LogP contribution in [0.5, 0.6) is 5.75 Å². The number of ether oxygens (including phenoxy) is 1. The summed E-state index contributed by atoms with van der Waals surface area (Å²) in [6, 6.07) is 15.8. The molecule has 6 heteroatoms. The van der Waals surface area contributed by atoms with E-state index in [1.807, 2.05) is 6.07 Å². The number of hydrogen-bond donors (Lipinski definition) is 0. The smallest absolute Gasteiger partial charge is 0.346 e. The predicted octanol–water partition coefficient (Wildman–Crippen LogP) is 4.25. The number of rotatable bonds is 3. The summed E-state index contributed by atoms with van der Waals surface area (Å²) >= 11 is 0. The lowest BCUT2D eigenvalue weighted by Gasteiger charge is -2.04. The summed E-state index contributed by atoms with van der Waals surface area (Å²) in [5.74, 6) is -0.801. The Morgan fingerprint density at radius 3 is 2.68 bits per heavy atom. The van der Waals surface area contributed by atoms with Gasteiger partial charge in [0, 0.05) is 12.3 Å². The number of benzene rings is 2. The molecular weight excluding hydrogens is 323 g/mol. The average molecular weight is 334 g/mol. The van der Waals surface area contributed by atoms with Gasteiger partial charge in [-0.25, -0.2) is 14.2 Å². The third kappa shape index (κ3) is 2.97. The van der Waals surface area contributed by atoms with Crippen molar-refractivity contribution in [3.8, 4) is 17.3 Å². The quantitative estimate of drug-likeness (QED) is 0.414.